The fourth-order valence-corrected chi connectivity index (χ4v) is 2.51. The van der Waals surface area contributed by atoms with Crippen LogP contribution in [0.2, 0.25) is 0 Å². The average Bonchev–Trinajstić information content (AvgIpc) is 2.42. The molecule has 0 saturated heterocycles. The zero-order chi connectivity index (χ0) is 13.4. The van der Waals surface area contributed by atoms with Gasteiger partial charge in [0.2, 0.25) is 0 Å². The quantitative estimate of drug-likeness (QED) is 0.777. The Morgan fingerprint density at radius 1 is 0.895 bits per heavy atom. The fraction of sp³-hybridized carbons (Fsp3) is 0.200. The van der Waals surface area contributed by atoms with Crippen LogP contribution in [0.25, 0.3) is 11.1 Å². The predicted octanol–water partition coefficient (Wildman–Crippen LogP) is 3.42. The van der Waals surface area contributed by atoms with Crippen molar-refractivity contribution in [2.75, 3.05) is 6.54 Å². The maximum absolute atomic E-state index is 13.9. The van der Waals surface area contributed by atoms with E-state index in [1.807, 2.05) is 12.1 Å². The maximum atomic E-state index is 13.9. The lowest BCUT2D eigenvalue weighted by molar-refractivity contribution is 0.496. The normalized spacial score (nSPS) is 14.3. The second-order valence-corrected chi connectivity index (χ2v) is 4.62. The Bertz CT molecular complexity index is 638. The molecule has 1 aliphatic heterocycles. The highest BCUT2D eigenvalue weighted by Gasteiger charge is 2.17. The Morgan fingerprint density at radius 2 is 1.68 bits per heavy atom. The van der Waals surface area contributed by atoms with Crippen molar-refractivity contribution in [3.8, 4) is 11.1 Å². The number of halogens is 3. The lowest BCUT2D eigenvalue weighted by Crippen LogP contribution is -2.24. The van der Waals surface area contributed by atoms with E-state index in [9.17, 15) is 13.2 Å². The second-order valence-electron chi connectivity index (χ2n) is 4.62. The van der Waals surface area contributed by atoms with Gasteiger partial charge in [-0.25, -0.2) is 13.2 Å². The molecule has 0 saturated carbocycles. The monoisotopic (exact) mass is 263 g/mol. The molecule has 0 bridgehead atoms. The predicted molar refractivity (Wildman–Crippen MR) is 67.2 cm³/mol. The SMILES string of the molecule is Fc1cc(F)c(-c2cccc3c2CCNC3)cc1F. The molecule has 1 nitrogen and oxygen atoms in total. The minimum Gasteiger partial charge on any atom is -0.312 e. The summed E-state index contributed by atoms with van der Waals surface area (Å²) in [6.07, 6.45) is 0.754. The number of benzene rings is 2. The van der Waals surface area contributed by atoms with Gasteiger partial charge in [0.1, 0.15) is 5.82 Å². The molecule has 0 amide bonds. The van der Waals surface area contributed by atoms with Gasteiger partial charge in [0, 0.05) is 18.2 Å². The topological polar surface area (TPSA) is 12.0 Å². The van der Waals surface area contributed by atoms with E-state index in [1.54, 1.807) is 6.07 Å². The Labute approximate surface area is 109 Å². The van der Waals surface area contributed by atoms with Crippen LogP contribution in [0, 0.1) is 17.5 Å². The number of rotatable bonds is 1. The van der Waals surface area contributed by atoms with Gasteiger partial charge in [0.05, 0.1) is 0 Å². The molecule has 4 heteroatoms. The molecule has 0 fully saturated rings. The third-order valence-electron chi connectivity index (χ3n) is 3.44. The van der Waals surface area contributed by atoms with Crippen molar-refractivity contribution >= 4 is 0 Å². The summed E-state index contributed by atoms with van der Waals surface area (Å²) in [5.74, 6) is -2.92. The summed E-state index contributed by atoms with van der Waals surface area (Å²) in [5.41, 5.74) is 2.85. The van der Waals surface area contributed by atoms with Gasteiger partial charge in [0.25, 0.3) is 0 Å². The van der Waals surface area contributed by atoms with Crippen LogP contribution in [0.1, 0.15) is 11.1 Å². The molecule has 0 aliphatic carbocycles. The highest BCUT2D eigenvalue weighted by Crippen LogP contribution is 2.31. The molecule has 2 aromatic rings. The maximum Gasteiger partial charge on any atom is 0.161 e. The molecule has 1 heterocycles. The molecule has 0 aromatic heterocycles. The van der Waals surface area contributed by atoms with E-state index in [0.29, 0.717) is 18.2 Å². The Balaban J connectivity index is 2.20. The van der Waals surface area contributed by atoms with Crippen molar-refractivity contribution < 1.29 is 13.2 Å². The van der Waals surface area contributed by atoms with Crippen LogP contribution >= 0.6 is 0 Å². The van der Waals surface area contributed by atoms with Crippen molar-refractivity contribution in [3.63, 3.8) is 0 Å². The first-order valence-corrected chi connectivity index (χ1v) is 6.13. The molecule has 1 aliphatic rings. The minimum absolute atomic E-state index is 0.123. The molecular formula is C15H12F3N. The van der Waals surface area contributed by atoms with Gasteiger partial charge >= 0.3 is 0 Å². The highest BCUT2D eigenvalue weighted by molar-refractivity contribution is 5.70. The van der Waals surface area contributed by atoms with Crippen LogP contribution < -0.4 is 5.32 Å². The van der Waals surface area contributed by atoms with E-state index in [4.69, 9.17) is 0 Å². The molecule has 1 N–H and O–H groups in total. The highest BCUT2D eigenvalue weighted by atomic mass is 19.2. The second kappa shape index (κ2) is 4.70. The third kappa shape index (κ3) is 2.12. The fourth-order valence-electron chi connectivity index (χ4n) is 2.51. The zero-order valence-corrected chi connectivity index (χ0v) is 10.1. The Hall–Kier alpha value is -1.81. The van der Waals surface area contributed by atoms with Gasteiger partial charge in [-0.15, -0.1) is 0 Å². The van der Waals surface area contributed by atoms with Crippen molar-refractivity contribution in [3.05, 3.63) is 58.9 Å². The van der Waals surface area contributed by atoms with Crippen LogP contribution in [0.3, 0.4) is 0 Å². The summed E-state index contributed by atoms with van der Waals surface area (Å²) in [6, 6.07) is 7.05. The average molecular weight is 263 g/mol. The summed E-state index contributed by atoms with van der Waals surface area (Å²) in [7, 11) is 0. The van der Waals surface area contributed by atoms with E-state index < -0.39 is 17.5 Å². The van der Waals surface area contributed by atoms with Crippen LogP contribution in [0.15, 0.2) is 30.3 Å². The van der Waals surface area contributed by atoms with Gasteiger partial charge in [0.15, 0.2) is 11.6 Å². The number of hydrogen-bond donors (Lipinski definition) is 1. The summed E-state index contributed by atoms with van der Waals surface area (Å²) >= 11 is 0. The van der Waals surface area contributed by atoms with Gasteiger partial charge in [-0.2, -0.15) is 0 Å². The van der Waals surface area contributed by atoms with Crippen molar-refractivity contribution in [2.24, 2.45) is 0 Å². The van der Waals surface area contributed by atoms with E-state index in [0.717, 1.165) is 30.2 Å². The number of fused-ring (bicyclic) bond motifs is 1. The van der Waals surface area contributed by atoms with Crippen LogP contribution in [0.4, 0.5) is 13.2 Å². The van der Waals surface area contributed by atoms with E-state index in [-0.39, 0.29) is 5.56 Å². The largest absolute Gasteiger partial charge is 0.312 e. The van der Waals surface area contributed by atoms with Crippen LogP contribution in [-0.4, -0.2) is 6.54 Å². The Morgan fingerprint density at radius 3 is 2.53 bits per heavy atom. The molecule has 0 unspecified atom stereocenters. The summed E-state index contributed by atoms with van der Waals surface area (Å²) in [5, 5.41) is 3.23. The molecule has 0 radical (unpaired) electrons. The minimum atomic E-state index is -1.16. The van der Waals surface area contributed by atoms with Crippen molar-refractivity contribution in [1.29, 1.82) is 0 Å². The summed E-state index contributed by atoms with van der Waals surface area (Å²) in [4.78, 5) is 0. The van der Waals surface area contributed by atoms with Gasteiger partial charge < -0.3 is 5.32 Å². The van der Waals surface area contributed by atoms with E-state index >= 15 is 0 Å². The first kappa shape index (κ1) is 12.2. The molecule has 2 aromatic carbocycles. The van der Waals surface area contributed by atoms with E-state index in [1.165, 1.54) is 0 Å². The molecular weight excluding hydrogens is 251 g/mol. The zero-order valence-electron chi connectivity index (χ0n) is 10.1. The standard InChI is InChI=1S/C15H12F3N/c16-13-7-15(18)14(17)6-12(13)11-3-1-2-9-8-19-5-4-10(9)11/h1-3,6-7,19H,4-5,8H2. The number of nitrogens with one attached hydrogen (secondary N) is 1. The van der Waals surface area contributed by atoms with Crippen LogP contribution in [-0.2, 0) is 13.0 Å². The van der Waals surface area contributed by atoms with Gasteiger partial charge in [-0.1, -0.05) is 18.2 Å². The van der Waals surface area contributed by atoms with Gasteiger partial charge in [-0.3, -0.25) is 0 Å². The Kier molecular flexibility index (Phi) is 3.03. The van der Waals surface area contributed by atoms with E-state index in [2.05, 4.69) is 5.32 Å². The number of hydrogen-bond acceptors (Lipinski definition) is 1. The smallest absolute Gasteiger partial charge is 0.161 e. The first-order valence-electron chi connectivity index (χ1n) is 6.13. The summed E-state index contributed by atoms with van der Waals surface area (Å²) < 4.78 is 40.2. The third-order valence-corrected chi connectivity index (χ3v) is 3.44. The summed E-state index contributed by atoms with van der Waals surface area (Å²) in [6.45, 7) is 1.52. The molecule has 0 spiro atoms. The van der Waals surface area contributed by atoms with Gasteiger partial charge in [-0.05, 0) is 35.7 Å². The molecule has 3 rings (SSSR count). The first-order chi connectivity index (χ1) is 9.16. The van der Waals surface area contributed by atoms with Crippen LogP contribution in [0.5, 0.6) is 0 Å². The van der Waals surface area contributed by atoms with Crippen molar-refractivity contribution in [2.45, 2.75) is 13.0 Å². The molecule has 98 valence electrons. The lowest BCUT2D eigenvalue weighted by Gasteiger charge is -2.20. The molecule has 19 heavy (non-hydrogen) atoms. The lowest BCUT2D eigenvalue weighted by atomic mass is 9.91. The molecule has 0 atom stereocenters. The van der Waals surface area contributed by atoms with Crippen molar-refractivity contribution in [1.82, 2.24) is 5.32 Å².